The van der Waals surface area contributed by atoms with E-state index in [1.54, 1.807) is 0 Å². The monoisotopic (exact) mass is 309 g/mol. The molecule has 0 bridgehead atoms. The van der Waals surface area contributed by atoms with E-state index in [2.05, 4.69) is 57.4 Å². The second kappa shape index (κ2) is 5.63. The molecular formula is C13H16BrN3O. The van der Waals surface area contributed by atoms with Crippen molar-refractivity contribution < 1.29 is 4.52 Å². The van der Waals surface area contributed by atoms with Gasteiger partial charge in [0.2, 0.25) is 11.7 Å². The summed E-state index contributed by atoms with van der Waals surface area (Å²) in [6.07, 6.45) is 0.748. The number of nitrogens with zero attached hydrogens (tertiary/aromatic N) is 2. The summed E-state index contributed by atoms with van der Waals surface area (Å²) in [5.74, 6) is 1.32. The lowest BCUT2D eigenvalue weighted by molar-refractivity contribution is 0.377. The molecule has 0 aliphatic carbocycles. The molecule has 18 heavy (non-hydrogen) atoms. The van der Waals surface area contributed by atoms with Crippen molar-refractivity contribution in [3.63, 3.8) is 0 Å². The summed E-state index contributed by atoms with van der Waals surface area (Å²) in [5, 5.41) is 7.08. The summed E-state index contributed by atoms with van der Waals surface area (Å²) in [5.41, 5.74) is 3.34. The lowest BCUT2D eigenvalue weighted by Crippen LogP contribution is -2.10. The highest BCUT2D eigenvalue weighted by Gasteiger charge is 2.10. The second-order valence-electron chi connectivity index (χ2n) is 4.29. The van der Waals surface area contributed by atoms with Crippen LogP contribution in [0.4, 0.5) is 0 Å². The van der Waals surface area contributed by atoms with Crippen LogP contribution < -0.4 is 5.32 Å². The van der Waals surface area contributed by atoms with Gasteiger partial charge in [0, 0.05) is 23.0 Å². The summed E-state index contributed by atoms with van der Waals surface area (Å²) in [4.78, 5) is 4.40. The summed E-state index contributed by atoms with van der Waals surface area (Å²) in [7, 11) is 1.90. The van der Waals surface area contributed by atoms with Gasteiger partial charge in [-0.2, -0.15) is 4.98 Å². The van der Waals surface area contributed by atoms with Crippen molar-refractivity contribution in [3.8, 4) is 11.4 Å². The number of hydrogen-bond donors (Lipinski definition) is 1. The minimum atomic E-state index is 0.653. The van der Waals surface area contributed by atoms with Crippen molar-refractivity contribution in [2.24, 2.45) is 0 Å². The Balaban J connectivity index is 2.28. The fourth-order valence-corrected chi connectivity index (χ4v) is 2.01. The Kier molecular flexibility index (Phi) is 4.14. The lowest BCUT2D eigenvalue weighted by atomic mass is 10.1. The zero-order valence-electron chi connectivity index (χ0n) is 10.7. The molecule has 2 aromatic rings. The number of benzene rings is 1. The van der Waals surface area contributed by atoms with Crippen LogP contribution in [0.15, 0.2) is 21.1 Å². The second-order valence-corrected chi connectivity index (χ2v) is 5.08. The van der Waals surface area contributed by atoms with Gasteiger partial charge in [-0.25, -0.2) is 0 Å². The zero-order valence-corrected chi connectivity index (χ0v) is 12.3. The number of aromatic nitrogens is 2. The largest absolute Gasteiger partial charge is 0.339 e. The Morgan fingerprint density at radius 1 is 1.28 bits per heavy atom. The van der Waals surface area contributed by atoms with Crippen LogP contribution in [0, 0.1) is 13.8 Å². The Bertz CT molecular complexity index is 528. The summed E-state index contributed by atoms with van der Waals surface area (Å²) in [6.45, 7) is 4.95. The van der Waals surface area contributed by atoms with Crippen molar-refractivity contribution >= 4 is 15.9 Å². The third kappa shape index (κ3) is 2.79. The average Bonchev–Trinajstić information content (AvgIpc) is 2.81. The fourth-order valence-electron chi connectivity index (χ4n) is 1.78. The lowest BCUT2D eigenvalue weighted by Gasteiger charge is -2.04. The molecule has 0 aliphatic heterocycles. The van der Waals surface area contributed by atoms with Gasteiger partial charge in [0.05, 0.1) is 0 Å². The van der Waals surface area contributed by atoms with E-state index in [1.165, 1.54) is 11.1 Å². The van der Waals surface area contributed by atoms with E-state index < -0.39 is 0 Å². The van der Waals surface area contributed by atoms with Crippen molar-refractivity contribution in [1.82, 2.24) is 15.5 Å². The molecule has 0 unspecified atom stereocenters. The third-order valence-corrected chi connectivity index (χ3v) is 4.00. The summed E-state index contributed by atoms with van der Waals surface area (Å²) < 4.78 is 6.35. The molecule has 4 nitrogen and oxygen atoms in total. The van der Waals surface area contributed by atoms with Crippen LogP contribution in [0.3, 0.4) is 0 Å². The molecule has 0 amide bonds. The summed E-state index contributed by atoms with van der Waals surface area (Å²) >= 11 is 3.55. The maximum atomic E-state index is 5.22. The van der Waals surface area contributed by atoms with Crippen molar-refractivity contribution in [1.29, 1.82) is 0 Å². The van der Waals surface area contributed by atoms with Gasteiger partial charge < -0.3 is 9.84 Å². The molecule has 0 atom stereocenters. The highest BCUT2D eigenvalue weighted by Crippen LogP contribution is 2.27. The Morgan fingerprint density at radius 2 is 1.94 bits per heavy atom. The number of aryl methyl sites for hydroxylation is 2. The zero-order chi connectivity index (χ0) is 13.1. The first kappa shape index (κ1) is 13.2. The van der Waals surface area contributed by atoms with E-state index in [4.69, 9.17) is 4.52 Å². The number of likely N-dealkylation sites (N-methyl/N-ethyl adjacent to an activating group) is 1. The molecule has 5 heteroatoms. The highest BCUT2D eigenvalue weighted by molar-refractivity contribution is 9.10. The van der Waals surface area contributed by atoms with E-state index in [0.29, 0.717) is 11.7 Å². The fraction of sp³-hybridized carbons (Fsp3) is 0.385. The molecule has 1 aromatic heterocycles. The molecule has 0 radical (unpaired) electrons. The van der Waals surface area contributed by atoms with Crippen LogP contribution in [0.1, 0.15) is 17.0 Å². The molecule has 0 spiro atoms. The predicted molar refractivity (Wildman–Crippen MR) is 74.5 cm³/mol. The normalized spacial score (nSPS) is 10.9. The molecule has 0 fully saturated rings. The first-order chi connectivity index (χ1) is 8.61. The molecular weight excluding hydrogens is 294 g/mol. The van der Waals surface area contributed by atoms with Gasteiger partial charge in [-0.15, -0.1) is 0 Å². The van der Waals surface area contributed by atoms with Crippen LogP contribution in [0.2, 0.25) is 0 Å². The maximum Gasteiger partial charge on any atom is 0.228 e. The van der Waals surface area contributed by atoms with Gasteiger partial charge in [-0.1, -0.05) is 21.1 Å². The van der Waals surface area contributed by atoms with Gasteiger partial charge in [-0.3, -0.25) is 0 Å². The first-order valence-corrected chi connectivity index (χ1v) is 6.65. The Morgan fingerprint density at radius 3 is 2.56 bits per heavy atom. The molecule has 0 aliphatic rings. The minimum Gasteiger partial charge on any atom is -0.339 e. The first-order valence-electron chi connectivity index (χ1n) is 5.86. The predicted octanol–water partition coefficient (Wildman–Crippen LogP) is 2.88. The number of rotatable bonds is 4. The molecule has 2 rings (SSSR count). The van der Waals surface area contributed by atoms with E-state index in [9.17, 15) is 0 Å². The van der Waals surface area contributed by atoms with Crippen LogP contribution in [-0.2, 0) is 6.42 Å². The van der Waals surface area contributed by atoms with E-state index in [1.807, 2.05) is 7.05 Å². The van der Waals surface area contributed by atoms with Crippen LogP contribution in [-0.4, -0.2) is 23.7 Å². The topological polar surface area (TPSA) is 51.0 Å². The summed E-state index contributed by atoms with van der Waals surface area (Å²) in [6, 6.07) is 4.12. The third-order valence-electron chi connectivity index (χ3n) is 2.75. The van der Waals surface area contributed by atoms with Crippen LogP contribution >= 0.6 is 15.9 Å². The smallest absolute Gasteiger partial charge is 0.228 e. The van der Waals surface area contributed by atoms with Crippen LogP contribution in [0.25, 0.3) is 11.4 Å². The molecule has 1 heterocycles. The molecule has 96 valence electrons. The average molecular weight is 310 g/mol. The van der Waals surface area contributed by atoms with Crippen molar-refractivity contribution in [2.45, 2.75) is 20.3 Å². The standard InChI is InChI=1S/C13H16BrN3O/c1-8-6-10(7-9(2)12(8)14)13-16-11(18-17-13)4-5-15-3/h6-7,15H,4-5H2,1-3H3. The van der Waals surface area contributed by atoms with Crippen molar-refractivity contribution in [2.75, 3.05) is 13.6 Å². The van der Waals surface area contributed by atoms with Gasteiger partial charge in [0.15, 0.2) is 0 Å². The minimum absolute atomic E-state index is 0.653. The van der Waals surface area contributed by atoms with E-state index in [-0.39, 0.29) is 0 Å². The number of halogens is 1. The molecule has 0 saturated carbocycles. The Labute approximate surface area is 115 Å². The van der Waals surface area contributed by atoms with Gasteiger partial charge in [0.25, 0.3) is 0 Å². The molecule has 1 aromatic carbocycles. The van der Waals surface area contributed by atoms with E-state index >= 15 is 0 Å². The SMILES string of the molecule is CNCCc1nc(-c2cc(C)c(Br)c(C)c2)no1. The Hall–Kier alpha value is -1.20. The van der Waals surface area contributed by atoms with Crippen LogP contribution in [0.5, 0.6) is 0 Å². The van der Waals surface area contributed by atoms with Gasteiger partial charge >= 0.3 is 0 Å². The number of nitrogens with one attached hydrogen (secondary N) is 1. The van der Waals surface area contributed by atoms with Gasteiger partial charge in [0.1, 0.15) is 0 Å². The molecule has 1 N–H and O–H groups in total. The number of hydrogen-bond acceptors (Lipinski definition) is 4. The maximum absolute atomic E-state index is 5.22. The quantitative estimate of drug-likeness (QED) is 0.943. The highest BCUT2D eigenvalue weighted by atomic mass is 79.9. The molecule has 0 saturated heterocycles. The van der Waals surface area contributed by atoms with E-state index in [0.717, 1.165) is 23.0 Å². The van der Waals surface area contributed by atoms with Gasteiger partial charge in [-0.05, 0) is 44.2 Å². The van der Waals surface area contributed by atoms with Crippen molar-refractivity contribution in [3.05, 3.63) is 33.6 Å².